The molecule has 0 saturated heterocycles. The van der Waals surface area contributed by atoms with Crippen LogP contribution in [0, 0.1) is 11.8 Å². The minimum absolute atomic E-state index is 0.290. The summed E-state index contributed by atoms with van der Waals surface area (Å²) in [5.41, 5.74) is 5.30. The van der Waals surface area contributed by atoms with Gasteiger partial charge in [0.15, 0.2) is 0 Å². The summed E-state index contributed by atoms with van der Waals surface area (Å²) >= 11 is 1.45. The van der Waals surface area contributed by atoms with Crippen molar-refractivity contribution in [3.05, 3.63) is 68.3 Å². The second-order valence-electron chi connectivity index (χ2n) is 5.69. The van der Waals surface area contributed by atoms with Crippen molar-refractivity contribution in [3.8, 4) is 11.8 Å². The van der Waals surface area contributed by atoms with Crippen LogP contribution in [-0.2, 0) is 20.1 Å². The molecule has 0 bridgehead atoms. The van der Waals surface area contributed by atoms with Gasteiger partial charge in [0.1, 0.15) is 6.33 Å². The fourth-order valence-electron chi connectivity index (χ4n) is 2.29. The Morgan fingerprint density at radius 3 is 2.78 bits per heavy atom. The van der Waals surface area contributed by atoms with Crippen molar-refractivity contribution in [2.75, 3.05) is 6.54 Å². The Kier molecular flexibility index (Phi) is 5.63. The molecular formula is C17H16F2N6OS. The minimum atomic E-state index is -1.88. The Hall–Kier alpha value is -3.03. The van der Waals surface area contributed by atoms with E-state index in [2.05, 4.69) is 22.0 Å². The van der Waals surface area contributed by atoms with Crippen LogP contribution < -0.4 is 11.4 Å². The maximum Gasteiger partial charge on any atom is 0.346 e. The fourth-order valence-corrected chi connectivity index (χ4v) is 3.15. The number of nitrogens with two attached hydrogens (primary N) is 1. The van der Waals surface area contributed by atoms with Gasteiger partial charge < -0.3 is 5.73 Å². The Labute approximate surface area is 157 Å². The van der Waals surface area contributed by atoms with Gasteiger partial charge in [-0.3, -0.25) is 9.25 Å². The number of rotatable bonds is 5. The number of hydrogen-bond donors (Lipinski definition) is 1. The quantitative estimate of drug-likeness (QED) is 0.668. The van der Waals surface area contributed by atoms with Gasteiger partial charge >= 0.3 is 5.69 Å². The third-order valence-electron chi connectivity index (χ3n) is 3.67. The van der Waals surface area contributed by atoms with Crippen molar-refractivity contribution in [2.24, 2.45) is 12.8 Å². The fraction of sp³-hybridized carbons (Fsp3) is 0.235. The largest absolute Gasteiger partial charge is 0.346 e. The van der Waals surface area contributed by atoms with E-state index in [-0.39, 0.29) is 25.2 Å². The summed E-state index contributed by atoms with van der Waals surface area (Å²) in [4.78, 5) is 14.0. The van der Waals surface area contributed by atoms with Crippen LogP contribution in [0.15, 0.2) is 47.3 Å². The lowest BCUT2D eigenvalue weighted by Crippen LogP contribution is -2.27. The monoisotopic (exact) mass is 390 g/mol. The molecule has 0 amide bonds. The Balaban J connectivity index is 1.72. The van der Waals surface area contributed by atoms with E-state index in [0.717, 1.165) is 20.0 Å². The zero-order valence-electron chi connectivity index (χ0n) is 14.4. The van der Waals surface area contributed by atoms with Crippen molar-refractivity contribution in [3.63, 3.8) is 0 Å². The molecular weight excluding hydrogens is 374 g/mol. The topological polar surface area (TPSA) is 83.7 Å². The molecule has 0 spiro atoms. The highest BCUT2D eigenvalue weighted by Gasteiger charge is 2.11. The van der Waals surface area contributed by atoms with E-state index < -0.39 is 11.8 Å². The molecule has 0 aliphatic carbocycles. The second-order valence-corrected chi connectivity index (χ2v) is 6.85. The number of nitrogens with zero attached hydrogens (tertiary/aromatic N) is 5. The Bertz CT molecular complexity index is 1090. The molecule has 0 atom stereocenters. The summed E-state index contributed by atoms with van der Waals surface area (Å²) < 4.78 is 29.4. The molecule has 0 aliphatic heterocycles. The van der Waals surface area contributed by atoms with Crippen LogP contribution in [0.3, 0.4) is 0 Å². The van der Waals surface area contributed by atoms with Crippen molar-refractivity contribution in [1.29, 1.82) is 0 Å². The van der Waals surface area contributed by atoms with E-state index in [4.69, 9.17) is 5.73 Å². The predicted octanol–water partition coefficient (Wildman–Crippen LogP) is 1.40. The number of hydrogen-bond acceptors (Lipinski definition) is 5. The van der Waals surface area contributed by atoms with Gasteiger partial charge in [0, 0.05) is 30.2 Å². The van der Waals surface area contributed by atoms with Gasteiger partial charge in [0.05, 0.1) is 29.7 Å². The molecule has 0 unspecified atom stereocenters. The summed E-state index contributed by atoms with van der Waals surface area (Å²) in [6.45, 7) is -0.361. The molecule has 140 valence electrons. The summed E-state index contributed by atoms with van der Waals surface area (Å²) in [5.74, 6) is 6.07. The van der Waals surface area contributed by atoms with Gasteiger partial charge in [0.25, 0.3) is 6.08 Å². The summed E-state index contributed by atoms with van der Waals surface area (Å²) in [6, 6.07) is 3.74. The van der Waals surface area contributed by atoms with Gasteiger partial charge in [-0.05, 0) is 12.1 Å². The van der Waals surface area contributed by atoms with Crippen LogP contribution in [0.4, 0.5) is 8.78 Å². The maximum absolute atomic E-state index is 12.7. The lowest BCUT2D eigenvalue weighted by atomic mass is 10.3. The van der Waals surface area contributed by atoms with Crippen LogP contribution in [0.5, 0.6) is 0 Å². The molecule has 10 heteroatoms. The van der Waals surface area contributed by atoms with Crippen molar-refractivity contribution in [1.82, 2.24) is 24.1 Å². The van der Waals surface area contributed by atoms with Crippen LogP contribution in [0.2, 0.25) is 0 Å². The summed E-state index contributed by atoms with van der Waals surface area (Å²) in [5, 5.41) is 7.93. The van der Waals surface area contributed by atoms with E-state index >= 15 is 0 Å². The maximum atomic E-state index is 12.7. The van der Waals surface area contributed by atoms with Gasteiger partial charge in [-0.1, -0.05) is 11.8 Å². The highest BCUT2D eigenvalue weighted by atomic mass is 32.1. The third kappa shape index (κ3) is 4.58. The van der Waals surface area contributed by atoms with Crippen LogP contribution in [-0.4, -0.2) is 30.7 Å². The van der Waals surface area contributed by atoms with E-state index in [1.807, 2.05) is 25.4 Å². The number of halogens is 2. The van der Waals surface area contributed by atoms with Crippen LogP contribution in [0.25, 0.3) is 0 Å². The van der Waals surface area contributed by atoms with Crippen molar-refractivity contribution >= 4 is 11.3 Å². The molecule has 3 aromatic rings. The second kappa shape index (κ2) is 8.11. The first-order chi connectivity index (χ1) is 13.0. The Morgan fingerprint density at radius 2 is 2.11 bits per heavy atom. The molecule has 0 saturated carbocycles. The predicted molar refractivity (Wildman–Crippen MR) is 97.4 cm³/mol. The molecule has 3 heterocycles. The molecule has 27 heavy (non-hydrogen) atoms. The summed E-state index contributed by atoms with van der Waals surface area (Å²) in [6.07, 6.45) is 2.95. The van der Waals surface area contributed by atoms with Crippen LogP contribution in [0.1, 0.15) is 15.3 Å². The molecule has 3 rings (SSSR count). The first-order valence-corrected chi connectivity index (χ1v) is 8.72. The van der Waals surface area contributed by atoms with Crippen LogP contribution >= 0.6 is 11.3 Å². The van der Waals surface area contributed by atoms with Gasteiger partial charge in [0.2, 0.25) is 0 Å². The highest BCUT2D eigenvalue weighted by Crippen LogP contribution is 2.16. The summed E-state index contributed by atoms with van der Waals surface area (Å²) in [7, 11) is 1.82. The normalized spacial score (nSPS) is 10.5. The third-order valence-corrected chi connectivity index (χ3v) is 4.66. The molecule has 3 aromatic heterocycles. The molecule has 2 N–H and O–H groups in total. The van der Waals surface area contributed by atoms with Gasteiger partial charge in [-0.25, -0.2) is 9.48 Å². The first kappa shape index (κ1) is 18.8. The lowest BCUT2D eigenvalue weighted by molar-refractivity contribution is 0.400. The molecule has 0 fully saturated rings. The zero-order valence-corrected chi connectivity index (χ0v) is 15.2. The SMILES string of the molecule is Cn1cc(C#Cc2ccc(Cn3cnn(CC(CN)=C(F)F)c3=O)s2)cn1. The molecule has 0 radical (unpaired) electrons. The molecule has 0 aliphatic rings. The number of aryl methyl sites for hydroxylation is 1. The highest BCUT2D eigenvalue weighted by molar-refractivity contribution is 7.12. The average Bonchev–Trinajstić information content (AvgIpc) is 3.34. The van der Waals surface area contributed by atoms with E-state index in [9.17, 15) is 13.6 Å². The standard InChI is InChI=1S/C17H16F2N6OS/c1-23-8-12(7-21-23)2-3-14-4-5-15(27-14)10-24-11-22-25(17(24)26)9-13(6-20)16(18)19/h4-5,7-8,11H,6,9-10,20H2,1H3. The smallest absolute Gasteiger partial charge is 0.327 e. The van der Waals surface area contributed by atoms with Gasteiger partial charge in [-0.2, -0.15) is 19.0 Å². The molecule has 0 aromatic carbocycles. The van der Waals surface area contributed by atoms with Gasteiger partial charge in [-0.15, -0.1) is 11.3 Å². The van der Waals surface area contributed by atoms with Crippen molar-refractivity contribution in [2.45, 2.75) is 13.1 Å². The number of aromatic nitrogens is 5. The van der Waals surface area contributed by atoms with E-state index in [1.54, 1.807) is 10.9 Å². The van der Waals surface area contributed by atoms with Crippen molar-refractivity contribution < 1.29 is 8.78 Å². The average molecular weight is 390 g/mol. The van der Waals surface area contributed by atoms with E-state index in [0.29, 0.717) is 0 Å². The number of thiophene rings is 1. The lowest BCUT2D eigenvalue weighted by Gasteiger charge is -2.02. The Morgan fingerprint density at radius 1 is 1.30 bits per heavy atom. The minimum Gasteiger partial charge on any atom is -0.327 e. The molecule has 7 nitrogen and oxygen atoms in total. The first-order valence-electron chi connectivity index (χ1n) is 7.91. The zero-order chi connectivity index (χ0) is 19.4. The van der Waals surface area contributed by atoms with E-state index in [1.165, 1.54) is 22.2 Å².